The van der Waals surface area contributed by atoms with Gasteiger partial charge in [0, 0.05) is 0 Å². The Morgan fingerprint density at radius 1 is 0.326 bits per heavy atom. The van der Waals surface area contributed by atoms with E-state index in [9.17, 15) is 10.2 Å². The summed E-state index contributed by atoms with van der Waals surface area (Å²) < 4.78 is 1.36. The molecule has 0 aromatic rings. The molecule has 0 aromatic heterocycles. The minimum absolute atomic E-state index is 0.111. The molecule has 0 aliphatic rings. The third-order valence-corrected chi connectivity index (χ3v) is 10.4. The van der Waals surface area contributed by atoms with Crippen LogP contribution in [0.5, 0.6) is 0 Å². The highest BCUT2D eigenvalue weighted by atomic mass is 16.3. The van der Waals surface area contributed by atoms with E-state index >= 15 is 0 Å². The zero-order chi connectivity index (χ0) is 31.7. The maximum Gasteiger partial charge on any atom is 0.0786 e. The van der Waals surface area contributed by atoms with Crippen molar-refractivity contribution in [3.8, 4) is 0 Å². The van der Waals surface area contributed by atoms with Crippen molar-refractivity contribution in [1.82, 2.24) is 0 Å². The molecule has 0 bridgehead atoms. The molecule has 0 aromatic carbocycles. The third-order valence-electron chi connectivity index (χ3n) is 10.4. The summed E-state index contributed by atoms with van der Waals surface area (Å²) in [5.41, 5.74) is 0. The van der Waals surface area contributed by atoms with Gasteiger partial charge in [-0.1, -0.05) is 154 Å². The molecular formula is C40H84NO2+. The zero-order valence-corrected chi connectivity index (χ0v) is 30.5. The molecule has 0 amide bonds. The number of hydrogen-bond donors (Lipinski definition) is 2. The van der Waals surface area contributed by atoms with Crippen LogP contribution in [-0.4, -0.2) is 53.1 Å². The number of aliphatic hydroxyl groups excluding tert-OH is 2. The number of rotatable bonds is 36. The smallest absolute Gasteiger partial charge is 0.0786 e. The lowest BCUT2D eigenvalue weighted by molar-refractivity contribution is -0.925. The van der Waals surface area contributed by atoms with Crippen molar-refractivity contribution >= 4 is 0 Å². The number of nitrogens with zero attached hydrogens (tertiary/aromatic N) is 1. The molecule has 2 N–H and O–H groups in total. The predicted octanol–water partition coefficient (Wildman–Crippen LogP) is 12.3. The first kappa shape index (κ1) is 42.9. The summed E-state index contributed by atoms with van der Waals surface area (Å²) in [7, 11) is 0. The van der Waals surface area contributed by atoms with Crippen LogP contribution < -0.4 is 0 Å². The van der Waals surface area contributed by atoms with E-state index in [-0.39, 0.29) is 12.2 Å². The first-order chi connectivity index (χ1) is 21.0. The minimum atomic E-state index is -0.111. The topological polar surface area (TPSA) is 40.5 Å². The van der Waals surface area contributed by atoms with Crippen molar-refractivity contribution in [2.75, 3.05) is 26.2 Å². The first-order valence-corrected chi connectivity index (χ1v) is 20.2. The van der Waals surface area contributed by atoms with Crippen LogP contribution in [0, 0.1) is 0 Å². The summed E-state index contributed by atoms with van der Waals surface area (Å²) in [5.74, 6) is 0. The SMILES string of the molecule is CC[N+](CC)(CCCCCCCCCCCCCCCCC(C)O)CCCCCCCCCCCCCCCCC(C)O. The van der Waals surface area contributed by atoms with Crippen LogP contribution in [0.4, 0.5) is 0 Å². The molecule has 2 unspecified atom stereocenters. The Morgan fingerprint density at radius 3 is 0.698 bits per heavy atom. The molecule has 3 heteroatoms. The highest BCUT2D eigenvalue weighted by molar-refractivity contribution is 4.54. The van der Waals surface area contributed by atoms with Gasteiger partial charge in [-0.15, -0.1) is 0 Å². The van der Waals surface area contributed by atoms with E-state index < -0.39 is 0 Å². The third kappa shape index (κ3) is 31.6. The van der Waals surface area contributed by atoms with E-state index in [0.717, 1.165) is 12.8 Å². The van der Waals surface area contributed by atoms with E-state index in [1.807, 2.05) is 13.8 Å². The van der Waals surface area contributed by atoms with Crippen LogP contribution >= 0.6 is 0 Å². The van der Waals surface area contributed by atoms with Gasteiger partial charge in [0.2, 0.25) is 0 Å². The predicted molar refractivity (Wildman–Crippen MR) is 193 cm³/mol. The van der Waals surface area contributed by atoms with E-state index in [1.165, 1.54) is 210 Å². The van der Waals surface area contributed by atoms with E-state index in [2.05, 4.69) is 13.8 Å². The van der Waals surface area contributed by atoms with E-state index in [4.69, 9.17) is 0 Å². The van der Waals surface area contributed by atoms with Crippen LogP contribution in [0.3, 0.4) is 0 Å². The molecule has 260 valence electrons. The average Bonchev–Trinajstić information content (AvgIpc) is 2.99. The molecule has 2 atom stereocenters. The second-order valence-electron chi connectivity index (χ2n) is 14.6. The molecule has 0 saturated heterocycles. The fourth-order valence-electron chi connectivity index (χ4n) is 6.98. The second-order valence-corrected chi connectivity index (χ2v) is 14.6. The second kappa shape index (κ2) is 33.2. The summed E-state index contributed by atoms with van der Waals surface area (Å²) in [6.45, 7) is 14.1. The molecule has 3 nitrogen and oxygen atoms in total. The molecule has 0 radical (unpaired) electrons. The van der Waals surface area contributed by atoms with Crippen molar-refractivity contribution < 1.29 is 14.7 Å². The fraction of sp³-hybridized carbons (Fsp3) is 1.00. The highest BCUT2D eigenvalue weighted by Crippen LogP contribution is 2.18. The van der Waals surface area contributed by atoms with Gasteiger partial charge in [-0.2, -0.15) is 0 Å². The Labute approximate surface area is 273 Å². The lowest BCUT2D eigenvalue weighted by Crippen LogP contribution is -2.49. The Hall–Kier alpha value is -0.120. The van der Waals surface area contributed by atoms with E-state index in [1.54, 1.807) is 0 Å². The quantitative estimate of drug-likeness (QED) is 0.0547. The fourth-order valence-corrected chi connectivity index (χ4v) is 6.98. The lowest BCUT2D eigenvalue weighted by atomic mass is 10.0. The molecule has 0 saturated carbocycles. The molecule has 0 aliphatic carbocycles. The standard InChI is InChI=1S/C40H84NO2/c1-5-41(6-2,37-33-29-25-21-17-13-9-7-11-15-19-23-27-31-35-39(3)42)38-34-30-26-22-18-14-10-8-12-16-20-24-28-32-36-40(4)43/h39-40,42-43H,5-38H2,1-4H3/q+1. The first-order valence-electron chi connectivity index (χ1n) is 20.2. The summed E-state index contributed by atoms with van der Waals surface area (Å²) >= 11 is 0. The molecule has 43 heavy (non-hydrogen) atoms. The van der Waals surface area contributed by atoms with Gasteiger partial charge >= 0.3 is 0 Å². The van der Waals surface area contributed by atoms with Gasteiger partial charge in [-0.05, 0) is 66.2 Å². The Morgan fingerprint density at radius 2 is 0.512 bits per heavy atom. The largest absolute Gasteiger partial charge is 0.393 e. The van der Waals surface area contributed by atoms with Crippen molar-refractivity contribution in [3.63, 3.8) is 0 Å². The van der Waals surface area contributed by atoms with Gasteiger partial charge < -0.3 is 14.7 Å². The molecule has 0 aliphatic heterocycles. The Bertz CT molecular complexity index is 475. The Balaban J connectivity index is 3.51. The maximum atomic E-state index is 9.31. The average molecular weight is 611 g/mol. The summed E-state index contributed by atoms with van der Waals surface area (Å²) in [4.78, 5) is 0. The minimum Gasteiger partial charge on any atom is -0.393 e. The van der Waals surface area contributed by atoms with Gasteiger partial charge in [0.25, 0.3) is 0 Å². The summed E-state index contributed by atoms with van der Waals surface area (Å²) in [6.07, 6.45) is 41.1. The van der Waals surface area contributed by atoms with Crippen molar-refractivity contribution in [3.05, 3.63) is 0 Å². The van der Waals surface area contributed by atoms with E-state index in [0.29, 0.717) is 0 Å². The van der Waals surface area contributed by atoms with Gasteiger partial charge in [-0.25, -0.2) is 0 Å². The Kier molecular flexibility index (Phi) is 33.2. The number of quaternary nitrogens is 1. The van der Waals surface area contributed by atoms with Gasteiger partial charge in [0.1, 0.15) is 0 Å². The molecular weight excluding hydrogens is 526 g/mol. The molecule has 0 fully saturated rings. The van der Waals surface area contributed by atoms with Crippen LogP contribution in [0.1, 0.15) is 220 Å². The zero-order valence-electron chi connectivity index (χ0n) is 30.5. The van der Waals surface area contributed by atoms with Crippen molar-refractivity contribution in [1.29, 1.82) is 0 Å². The maximum absolute atomic E-state index is 9.31. The highest BCUT2D eigenvalue weighted by Gasteiger charge is 2.21. The summed E-state index contributed by atoms with van der Waals surface area (Å²) in [6, 6.07) is 0. The monoisotopic (exact) mass is 611 g/mol. The molecule has 0 rings (SSSR count). The molecule has 0 spiro atoms. The van der Waals surface area contributed by atoms with Crippen LogP contribution in [0.15, 0.2) is 0 Å². The van der Waals surface area contributed by atoms with Crippen molar-refractivity contribution in [2.24, 2.45) is 0 Å². The van der Waals surface area contributed by atoms with Crippen molar-refractivity contribution in [2.45, 2.75) is 233 Å². The number of unbranched alkanes of at least 4 members (excludes halogenated alkanes) is 26. The lowest BCUT2D eigenvalue weighted by Gasteiger charge is -2.37. The van der Waals surface area contributed by atoms with Gasteiger partial charge in [0.05, 0.1) is 38.4 Å². The van der Waals surface area contributed by atoms with Crippen LogP contribution in [0.2, 0.25) is 0 Å². The van der Waals surface area contributed by atoms with Gasteiger partial charge in [0.15, 0.2) is 0 Å². The van der Waals surface area contributed by atoms with Gasteiger partial charge in [-0.3, -0.25) is 0 Å². The normalized spacial score (nSPS) is 13.5. The van der Waals surface area contributed by atoms with Crippen LogP contribution in [-0.2, 0) is 0 Å². The molecule has 0 heterocycles. The number of aliphatic hydroxyl groups is 2. The number of hydrogen-bond acceptors (Lipinski definition) is 2. The van der Waals surface area contributed by atoms with Crippen LogP contribution in [0.25, 0.3) is 0 Å². The summed E-state index contributed by atoms with van der Waals surface area (Å²) in [5, 5.41) is 18.6.